The zero-order valence-corrected chi connectivity index (χ0v) is 16.1. The Balaban J connectivity index is 1.57. The first-order chi connectivity index (χ1) is 13.4. The maximum absolute atomic E-state index is 14.4. The molecule has 3 heterocycles. The number of hydrogen-bond acceptors (Lipinski definition) is 3. The van der Waals surface area contributed by atoms with Crippen LogP contribution < -0.4 is 5.32 Å². The number of aromatic nitrogens is 3. The summed E-state index contributed by atoms with van der Waals surface area (Å²) >= 11 is 11.2. The maximum atomic E-state index is 14.4. The predicted octanol–water partition coefficient (Wildman–Crippen LogP) is 4.39. The van der Waals surface area contributed by atoms with Crippen LogP contribution in [0.3, 0.4) is 0 Å². The quantitative estimate of drug-likeness (QED) is 0.486. The predicted molar refractivity (Wildman–Crippen MR) is 104 cm³/mol. The highest BCUT2D eigenvalue weighted by Crippen LogP contribution is 2.36. The number of aromatic amines is 1. The minimum Gasteiger partial charge on any atom is -0.334 e. The Bertz CT molecular complexity index is 1110. The number of carbonyl (C=O) groups excluding carboxylic acids is 1. The fourth-order valence-electron chi connectivity index (χ4n) is 3.54. The Hall–Kier alpha value is -2.58. The second-order valence-electron chi connectivity index (χ2n) is 6.56. The van der Waals surface area contributed by atoms with Gasteiger partial charge >= 0.3 is 0 Å². The van der Waals surface area contributed by atoms with Crippen LogP contribution in [0.5, 0.6) is 0 Å². The van der Waals surface area contributed by atoms with Crippen LogP contribution in [-0.4, -0.2) is 20.4 Å². The smallest absolute Gasteiger partial charge is 0.231 e. The van der Waals surface area contributed by atoms with Crippen LogP contribution in [0.2, 0.25) is 5.02 Å². The molecule has 0 saturated carbocycles. The number of nitrogens with one attached hydrogen (secondary N) is 2. The second-order valence-corrected chi connectivity index (χ2v) is 7.36. The Morgan fingerprint density at radius 2 is 2.18 bits per heavy atom. The van der Waals surface area contributed by atoms with Gasteiger partial charge in [0.05, 0.1) is 11.4 Å². The van der Waals surface area contributed by atoms with Gasteiger partial charge in [-0.1, -0.05) is 17.7 Å². The van der Waals surface area contributed by atoms with E-state index in [1.807, 2.05) is 0 Å². The number of fused-ring (bicyclic) bond motifs is 1. The average molecular weight is 421 g/mol. The van der Waals surface area contributed by atoms with Gasteiger partial charge < -0.3 is 14.9 Å². The number of amides is 1. The second kappa shape index (κ2) is 7.44. The van der Waals surface area contributed by atoms with Crippen molar-refractivity contribution < 1.29 is 13.6 Å². The van der Waals surface area contributed by atoms with E-state index in [0.717, 1.165) is 11.8 Å². The van der Waals surface area contributed by atoms with Crippen LogP contribution in [0.25, 0.3) is 0 Å². The molecule has 3 aromatic rings. The third kappa shape index (κ3) is 3.45. The molecule has 0 saturated heterocycles. The summed E-state index contributed by atoms with van der Waals surface area (Å²) < 4.78 is 30.9. The SMILES string of the molecule is O=C(Cc1[nH]c(=S)n2c1C[C@@H](c1c(F)ccc(Cl)c1F)C2)Nc1ccccn1. The number of hydrogen-bond donors (Lipinski definition) is 2. The van der Waals surface area contributed by atoms with Gasteiger partial charge in [-0.25, -0.2) is 13.8 Å². The van der Waals surface area contributed by atoms with Gasteiger partial charge in [-0.05, 0) is 42.9 Å². The van der Waals surface area contributed by atoms with Crippen LogP contribution in [0.15, 0.2) is 36.5 Å². The number of rotatable bonds is 4. The first-order valence-electron chi connectivity index (χ1n) is 8.59. The van der Waals surface area contributed by atoms with Crippen LogP contribution in [0.4, 0.5) is 14.6 Å². The van der Waals surface area contributed by atoms with E-state index in [2.05, 4.69) is 15.3 Å². The summed E-state index contributed by atoms with van der Waals surface area (Å²) in [6.07, 6.45) is 1.99. The molecule has 0 bridgehead atoms. The molecule has 4 rings (SSSR count). The van der Waals surface area contributed by atoms with Gasteiger partial charge in [-0.15, -0.1) is 0 Å². The Morgan fingerprint density at radius 1 is 1.36 bits per heavy atom. The van der Waals surface area contributed by atoms with Crippen molar-refractivity contribution in [3.05, 3.63) is 74.9 Å². The maximum Gasteiger partial charge on any atom is 0.231 e. The average Bonchev–Trinajstić information content (AvgIpc) is 3.21. The number of anilines is 1. The van der Waals surface area contributed by atoms with Gasteiger partial charge in [0, 0.05) is 35.6 Å². The highest BCUT2D eigenvalue weighted by Gasteiger charge is 2.31. The summed E-state index contributed by atoms with van der Waals surface area (Å²) in [6.45, 7) is 0.320. The van der Waals surface area contributed by atoms with Gasteiger partial charge in [0.25, 0.3) is 0 Å². The lowest BCUT2D eigenvalue weighted by Crippen LogP contribution is -2.16. The van der Waals surface area contributed by atoms with Crippen LogP contribution in [0.1, 0.15) is 22.9 Å². The molecule has 0 fully saturated rings. The molecule has 2 aromatic heterocycles. The Kier molecular flexibility index (Phi) is 4.99. The summed E-state index contributed by atoms with van der Waals surface area (Å²) in [4.78, 5) is 19.4. The summed E-state index contributed by atoms with van der Waals surface area (Å²) in [6, 6.07) is 7.57. The van der Waals surface area contributed by atoms with Gasteiger partial charge in [0.1, 0.15) is 17.5 Å². The summed E-state index contributed by atoms with van der Waals surface area (Å²) in [5.41, 5.74) is 1.35. The molecular formula is C19H15ClF2N4OS. The zero-order chi connectivity index (χ0) is 19.8. The number of halogens is 3. The third-order valence-electron chi connectivity index (χ3n) is 4.78. The molecule has 1 aliphatic heterocycles. The molecule has 1 aliphatic rings. The first kappa shape index (κ1) is 18.8. The molecule has 144 valence electrons. The van der Waals surface area contributed by atoms with Crippen molar-refractivity contribution in [1.29, 1.82) is 0 Å². The molecule has 28 heavy (non-hydrogen) atoms. The number of H-pyrrole nitrogens is 1. The molecule has 9 heteroatoms. The molecule has 1 atom stereocenters. The Morgan fingerprint density at radius 3 is 2.93 bits per heavy atom. The minimum atomic E-state index is -0.748. The molecule has 1 amide bonds. The molecule has 5 nitrogen and oxygen atoms in total. The third-order valence-corrected chi connectivity index (χ3v) is 5.39. The lowest BCUT2D eigenvalue weighted by Gasteiger charge is -2.13. The standard InChI is InChI=1S/C19H15ClF2N4OS/c20-11-4-5-12(21)17(18(11)22)10-7-14-13(24-19(28)26(14)9-10)8-16(27)25-15-3-1-2-6-23-15/h1-6,10H,7-9H2,(H,24,28)(H,23,25,27)/t10-/m1/s1. The van der Waals surface area contributed by atoms with Gasteiger partial charge in [-0.2, -0.15) is 0 Å². The van der Waals surface area contributed by atoms with Crippen molar-refractivity contribution in [2.24, 2.45) is 0 Å². The number of carbonyl (C=O) groups is 1. The molecule has 0 unspecified atom stereocenters. The number of benzene rings is 1. The van der Waals surface area contributed by atoms with Crippen molar-refractivity contribution in [2.75, 3.05) is 5.32 Å². The van der Waals surface area contributed by atoms with E-state index >= 15 is 0 Å². The molecule has 1 aromatic carbocycles. The van der Waals surface area contributed by atoms with Crippen LogP contribution >= 0.6 is 23.8 Å². The van der Waals surface area contributed by atoms with Crippen molar-refractivity contribution in [2.45, 2.75) is 25.3 Å². The number of nitrogens with zero attached hydrogens (tertiary/aromatic N) is 2. The van der Waals surface area contributed by atoms with Crippen molar-refractivity contribution in [3.63, 3.8) is 0 Å². The van der Waals surface area contributed by atoms with E-state index in [9.17, 15) is 13.6 Å². The molecule has 0 spiro atoms. The molecule has 0 radical (unpaired) electrons. The van der Waals surface area contributed by atoms with E-state index in [1.54, 1.807) is 29.0 Å². The summed E-state index contributed by atoms with van der Waals surface area (Å²) in [5.74, 6) is -1.64. The zero-order valence-electron chi connectivity index (χ0n) is 14.5. The van der Waals surface area contributed by atoms with Gasteiger partial charge in [-0.3, -0.25) is 4.79 Å². The monoisotopic (exact) mass is 420 g/mol. The van der Waals surface area contributed by atoms with Crippen LogP contribution in [0, 0.1) is 16.4 Å². The van der Waals surface area contributed by atoms with Crippen molar-refractivity contribution in [3.8, 4) is 0 Å². The largest absolute Gasteiger partial charge is 0.334 e. The highest BCUT2D eigenvalue weighted by molar-refractivity contribution is 7.71. The molecule has 0 aliphatic carbocycles. The van der Waals surface area contributed by atoms with Crippen molar-refractivity contribution in [1.82, 2.24) is 14.5 Å². The lowest BCUT2D eigenvalue weighted by molar-refractivity contribution is -0.115. The van der Waals surface area contributed by atoms with Gasteiger partial charge in [0.2, 0.25) is 5.91 Å². The minimum absolute atomic E-state index is 0.0468. The summed E-state index contributed by atoms with van der Waals surface area (Å²) in [5, 5.41) is 2.59. The fraction of sp³-hybridized carbons (Fsp3) is 0.211. The topological polar surface area (TPSA) is 62.7 Å². The van der Waals surface area contributed by atoms with E-state index < -0.39 is 17.6 Å². The highest BCUT2D eigenvalue weighted by atomic mass is 35.5. The molecular weight excluding hydrogens is 406 g/mol. The van der Waals surface area contributed by atoms with E-state index in [0.29, 0.717) is 29.2 Å². The van der Waals surface area contributed by atoms with E-state index in [1.165, 1.54) is 6.07 Å². The first-order valence-corrected chi connectivity index (χ1v) is 9.37. The number of imidazole rings is 1. The van der Waals surface area contributed by atoms with Gasteiger partial charge in [0.15, 0.2) is 4.77 Å². The van der Waals surface area contributed by atoms with E-state index in [-0.39, 0.29) is 22.9 Å². The lowest BCUT2D eigenvalue weighted by atomic mass is 9.95. The van der Waals surface area contributed by atoms with Crippen LogP contribution in [-0.2, 0) is 24.2 Å². The van der Waals surface area contributed by atoms with E-state index in [4.69, 9.17) is 23.8 Å². The molecule has 2 N–H and O–H groups in total. The summed E-state index contributed by atoms with van der Waals surface area (Å²) in [7, 11) is 0. The fourth-order valence-corrected chi connectivity index (χ4v) is 4.01. The Labute approximate surface area is 169 Å². The number of pyridine rings is 1. The van der Waals surface area contributed by atoms with Crippen molar-refractivity contribution >= 4 is 35.5 Å². The normalized spacial score (nSPS) is 15.5.